The Bertz CT molecular complexity index is 927. The second-order valence-electron chi connectivity index (χ2n) is 6.60. The van der Waals surface area contributed by atoms with Crippen molar-refractivity contribution in [2.75, 3.05) is 11.9 Å². The Hall–Kier alpha value is -2.80. The van der Waals surface area contributed by atoms with Gasteiger partial charge in [-0.25, -0.2) is 4.79 Å². The first-order chi connectivity index (χ1) is 13.2. The van der Waals surface area contributed by atoms with E-state index in [0.717, 1.165) is 52.8 Å². The summed E-state index contributed by atoms with van der Waals surface area (Å²) in [6.07, 6.45) is 4.85. The molecule has 0 aliphatic carbocycles. The summed E-state index contributed by atoms with van der Waals surface area (Å²) in [5.41, 5.74) is 2.67. The highest BCUT2D eigenvalue weighted by atomic mass is 32.1. The average molecular weight is 379 g/mol. The van der Waals surface area contributed by atoms with Crippen molar-refractivity contribution in [3.63, 3.8) is 0 Å². The molecule has 0 bridgehead atoms. The molecule has 3 aromatic rings. The fraction of sp³-hybridized carbons (Fsp3) is 0.300. The molecule has 1 unspecified atom stereocenters. The van der Waals surface area contributed by atoms with Gasteiger partial charge < -0.3 is 10.2 Å². The highest BCUT2D eigenvalue weighted by molar-refractivity contribution is 7.14. The molecule has 2 amide bonds. The standard InChI is InChI=1S/C20H21N5OS/c1-14-23-24-19(27-14)15-7-6-8-16(13-15)22-20(26)25-12-5-3-10-18(25)17-9-2-4-11-21-17/h2,4,6-9,11,13,18H,3,5,10,12H2,1H3,(H,22,26). The molecule has 4 rings (SSSR count). The first kappa shape index (κ1) is 17.6. The maximum atomic E-state index is 13.0. The van der Waals surface area contributed by atoms with E-state index in [9.17, 15) is 4.79 Å². The fourth-order valence-corrected chi connectivity index (χ4v) is 4.08. The third-order valence-electron chi connectivity index (χ3n) is 4.68. The van der Waals surface area contributed by atoms with Gasteiger partial charge in [0.1, 0.15) is 10.0 Å². The quantitative estimate of drug-likeness (QED) is 0.718. The molecule has 27 heavy (non-hydrogen) atoms. The smallest absolute Gasteiger partial charge is 0.316 e. The Balaban J connectivity index is 1.52. The molecule has 138 valence electrons. The molecule has 0 radical (unpaired) electrons. The van der Waals surface area contributed by atoms with Gasteiger partial charge in [0.2, 0.25) is 0 Å². The van der Waals surface area contributed by atoms with Gasteiger partial charge in [-0.2, -0.15) is 0 Å². The molecule has 7 heteroatoms. The van der Waals surface area contributed by atoms with Crippen LogP contribution in [0.15, 0.2) is 48.7 Å². The number of rotatable bonds is 3. The van der Waals surface area contributed by atoms with Crippen molar-refractivity contribution in [3.8, 4) is 10.6 Å². The van der Waals surface area contributed by atoms with Crippen molar-refractivity contribution in [1.82, 2.24) is 20.1 Å². The van der Waals surface area contributed by atoms with Crippen LogP contribution in [0.2, 0.25) is 0 Å². The number of piperidine rings is 1. The molecular weight excluding hydrogens is 358 g/mol. The minimum absolute atomic E-state index is 0.0222. The largest absolute Gasteiger partial charge is 0.322 e. The summed E-state index contributed by atoms with van der Waals surface area (Å²) in [7, 11) is 0. The van der Waals surface area contributed by atoms with E-state index < -0.39 is 0 Å². The molecule has 1 aromatic carbocycles. The maximum absolute atomic E-state index is 13.0. The molecule has 3 heterocycles. The fourth-order valence-electron chi connectivity index (χ4n) is 3.39. The summed E-state index contributed by atoms with van der Waals surface area (Å²) >= 11 is 1.54. The number of aromatic nitrogens is 3. The van der Waals surface area contributed by atoms with Gasteiger partial charge in [0.05, 0.1) is 11.7 Å². The Morgan fingerprint density at radius 3 is 2.89 bits per heavy atom. The number of likely N-dealkylation sites (tertiary alicyclic amines) is 1. The Labute approximate surface area is 162 Å². The monoisotopic (exact) mass is 379 g/mol. The van der Waals surface area contributed by atoms with E-state index in [-0.39, 0.29) is 12.1 Å². The average Bonchev–Trinajstić information content (AvgIpc) is 3.15. The second-order valence-corrected chi connectivity index (χ2v) is 7.78. The normalized spacial score (nSPS) is 16.9. The Kier molecular flexibility index (Phi) is 5.11. The summed E-state index contributed by atoms with van der Waals surface area (Å²) in [4.78, 5) is 19.3. The predicted octanol–water partition coefficient (Wildman–Crippen LogP) is 4.67. The molecular formula is C20H21N5OS. The van der Waals surface area contributed by atoms with Gasteiger partial charge in [0, 0.05) is 24.0 Å². The van der Waals surface area contributed by atoms with Crippen molar-refractivity contribution in [2.45, 2.75) is 32.2 Å². The van der Waals surface area contributed by atoms with Crippen LogP contribution in [0.1, 0.15) is 36.0 Å². The zero-order valence-corrected chi connectivity index (χ0v) is 15.9. The van der Waals surface area contributed by atoms with E-state index in [1.165, 1.54) is 0 Å². The van der Waals surface area contributed by atoms with Crippen LogP contribution >= 0.6 is 11.3 Å². The van der Waals surface area contributed by atoms with Crippen molar-refractivity contribution in [2.24, 2.45) is 0 Å². The van der Waals surface area contributed by atoms with Crippen LogP contribution in [0.25, 0.3) is 10.6 Å². The molecule has 1 N–H and O–H groups in total. The first-order valence-electron chi connectivity index (χ1n) is 9.10. The van der Waals surface area contributed by atoms with Crippen molar-refractivity contribution >= 4 is 23.1 Å². The highest BCUT2D eigenvalue weighted by Gasteiger charge is 2.28. The molecule has 1 atom stereocenters. The van der Waals surface area contributed by atoms with Gasteiger partial charge in [0.15, 0.2) is 0 Å². The Morgan fingerprint density at radius 2 is 2.11 bits per heavy atom. The van der Waals surface area contributed by atoms with Crippen LogP contribution in [0.3, 0.4) is 0 Å². The number of benzene rings is 1. The number of pyridine rings is 1. The van der Waals surface area contributed by atoms with E-state index in [4.69, 9.17) is 0 Å². The lowest BCUT2D eigenvalue weighted by atomic mass is 9.99. The summed E-state index contributed by atoms with van der Waals surface area (Å²) in [6, 6.07) is 13.5. The molecule has 2 aromatic heterocycles. The predicted molar refractivity (Wildman–Crippen MR) is 107 cm³/mol. The first-order valence-corrected chi connectivity index (χ1v) is 9.91. The van der Waals surface area contributed by atoms with Crippen LogP contribution in [0, 0.1) is 6.92 Å². The van der Waals surface area contributed by atoms with Gasteiger partial charge in [-0.05, 0) is 50.5 Å². The Morgan fingerprint density at radius 1 is 1.19 bits per heavy atom. The van der Waals surface area contributed by atoms with Crippen molar-refractivity contribution < 1.29 is 4.79 Å². The topological polar surface area (TPSA) is 71.0 Å². The zero-order valence-electron chi connectivity index (χ0n) is 15.1. The molecule has 1 aliphatic rings. The van der Waals surface area contributed by atoms with Crippen LogP contribution in [-0.2, 0) is 0 Å². The molecule has 6 nitrogen and oxygen atoms in total. The number of nitrogens with one attached hydrogen (secondary N) is 1. The number of amides is 2. The number of urea groups is 1. The lowest BCUT2D eigenvalue weighted by molar-refractivity contribution is 0.161. The van der Waals surface area contributed by atoms with Crippen molar-refractivity contribution in [3.05, 3.63) is 59.4 Å². The summed E-state index contributed by atoms with van der Waals surface area (Å²) in [5.74, 6) is 0. The minimum Gasteiger partial charge on any atom is -0.316 e. The van der Waals surface area contributed by atoms with E-state index in [1.54, 1.807) is 17.5 Å². The summed E-state index contributed by atoms with van der Waals surface area (Å²) < 4.78 is 0. The molecule has 0 saturated carbocycles. The van der Waals surface area contributed by atoms with E-state index in [2.05, 4.69) is 20.5 Å². The van der Waals surface area contributed by atoms with Gasteiger partial charge in [-0.1, -0.05) is 29.5 Å². The van der Waals surface area contributed by atoms with Crippen molar-refractivity contribution in [1.29, 1.82) is 0 Å². The van der Waals surface area contributed by atoms with Crippen LogP contribution in [0.5, 0.6) is 0 Å². The number of nitrogens with zero attached hydrogens (tertiary/aromatic N) is 4. The summed E-state index contributed by atoms with van der Waals surface area (Å²) in [6.45, 7) is 2.67. The lowest BCUT2D eigenvalue weighted by Gasteiger charge is -2.35. The molecule has 0 spiro atoms. The van der Waals surface area contributed by atoms with Gasteiger partial charge in [0.25, 0.3) is 0 Å². The van der Waals surface area contributed by atoms with E-state index in [1.807, 2.05) is 54.3 Å². The van der Waals surface area contributed by atoms with Crippen LogP contribution < -0.4 is 5.32 Å². The molecule has 1 aliphatic heterocycles. The molecule has 1 saturated heterocycles. The van der Waals surface area contributed by atoms with Gasteiger partial charge in [-0.3, -0.25) is 4.98 Å². The lowest BCUT2D eigenvalue weighted by Crippen LogP contribution is -2.41. The number of hydrogen-bond donors (Lipinski definition) is 1. The SMILES string of the molecule is Cc1nnc(-c2cccc(NC(=O)N3CCCCC3c3ccccn3)c2)s1. The van der Waals surface area contributed by atoms with E-state index >= 15 is 0 Å². The zero-order chi connectivity index (χ0) is 18.6. The van der Waals surface area contributed by atoms with Crippen LogP contribution in [-0.4, -0.2) is 32.7 Å². The van der Waals surface area contributed by atoms with Gasteiger partial charge in [-0.15, -0.1) is 10.2 Å². The minimum atomic E-state index is -0.0871. The number of hydrogen-bond acceptors (Lipinski definition) is 5. The number of carbonyl (C=O) groups excluding carboxylic acids is 1. The number of aryl methyl sites for hydroxylation is 1. The maximum Gasteiger partial charge on any atom is 0.322 e. The highest BCUT2D eigenvalue weighted by Crippen LogP contribution is 2.31. The second kappa shape index (κ2) is 7.84. The number of anilines is 1. The van der Waals surface area contributed by atoms with Crippen LogP contribution in [0.4, 0.5) is 10.5 Å². The van der Waals surface area contributed by atoms with E-state index in [0.29, 0.717) is 0 Å². The molecule has 1 fully saturated rings. The number of carbonyl (C=O) groups is 1. The third kappa shape index (κ3) is 3.98. The van der Waals surface area contributed by atoms with Gasteiger partial charge >= 0.3 is 6.03 Å². The third-order valence-corrected chi connectivity index (χ3v) is 5.57. The summed E-state index contributed by atoms with van der Waals surface area (Å²) in [5, 5.41) is 13.1.